The summed E-state index contributed by atoms with van der Waals surface area (Å²) in [6, 6.07) is 22.2. The van der Waals surface area contributed by atoms with E-state index in [1.54, 1.807) is 12.1 Å². The third-order valence-corrected chi connectivity index (χ3v) is 4.14. The van der Waals surface area contributed by atoms with Gasteiger partial charge in [0, 0.05) is 12.0 Å². The third-order valence-electron chi connectivity index (χ3n) is 3.60. The number of hydrogen-bond donors (Lipinski definition) is 1. The van der Waals surface area contributed by atoms with Crippen molar-refractivity contribution in [3.8, 4) is 5.75 Å². The first-order valence-electron chi connectivity index (χ1n) is 7.72. The minimum atomic E-state index is -10.7. The maximum absolute atomic E-state index is 10.7. The molecule has 0 spiro atoms. The Kier molecular flexibility index (Phi) is 5.47. The van der Waals surface area contributed by atoms with Gasteiger partial charge in [0.05, 0.1) is 0 Å². The van der Waals surface area contributed by atoms with Crippen LogP contribution < -0.4 is 0 Å². The van der Waals surface area contributed by atoms with E-state index in [1.165, 1.54) is 21.9 Å². The van der Waals surface area contributed by atoms with Crippen molar-refractivity contribution in [2.45, 2.75) is 11.7 Å². The molecule has 0 heterocycles. The minimum absolute atomic E-state index is 0.237. The zero-order valence-corrected chi connectivity index (χ0v) is 15.7. The molecule has 0 saturated carbocycles. The molecule has 0 fully saturated rings. The summed E-state index contributed by atoms with van der Waals surface area (Å²) in [4.78, 5) is 0. The minimum Gasteiger partial charge on any atom is -0.508 e. The number of halogens is 6. The maximum Gasteiger partial charge on any atom is 0.142 e. The zero-order valence-electron chi connectivity index (χ0n) is 13.8. The monoisotopic (exact) mass is 426 g/mol. The van der Waals surface area contributed by atoms with E-state index in [1.807, 2.05) is 12.1 Å². The largest absolute Gasteiger partial charge is 0.508 e. The van der Waals surface area contributed by atoms with Gasteiger partial charge in [-0.3, -0.25) is 0 Å². The van der Waals surface area contributed by atoms with E-state index in [4.69, 9.17) is 0 Å². The number of fused-ring (bicyclic) bond motifs is 1. The molecule has 0 bridgehead atoms. The molecule has 0 aromatic heterocycles. The Morgan fingerprint density at radius 1 is 0.778 bits per heavy atom. The molecule has 1 atom stereocenters. The van der Waals surface area contributed by atoms with E-state index in [0.717, 1.165) is 6.42 Å². The van der Waals surface area contributed by atoms with Gasteiger partial charge < -0.3 is 5.11 Å². The molecule has 0 aliphatic heterocycles. The van der Waals surface area contributed by atoms with Crippen molar-refractivity contribution in [1.29, 1.82) is 0 Å². The molecule has 0 radical (unpaired) electrons. The summed E-state index contributed by atoms with van der Waals surface area (Å²) in [5, 5.41) is 12.2. The smallest absolute Gasteiger partial charge is 0.142 e. The van der Waals surface area contributed by atoms with Crippen LogP contribution in [-0.4, -0.2) is 5.11 Å². The molecule has 0 aliphatic rings. The fourth-order valence-electron chi connectivity index (χ4n) is 2.51. The summed E-state index contributed by atoms with van der Waals surface area (Å²) in [6.07, 6.45) is 0.920. The Hall–Kier alpha value is -1.92. The predicted octanol–water partition coefficient (Wildman–Crippen LogP) is 7.22. The number of phenols is 1. The first-order chi connectivity index (χ1) is 12.2. The molecular formula is C18H17F6OPS. The molecule has 1 unspecified atom stereocenters. The standard InChI is InChI=1S/C18H16OS.F6P/c19-16-10-8-14(9-11-16)18(20)12-15-6-3-5-13-4-1-2-7-17(13)15;1-7(2,3,4,5)6/h1-11,18-20H,12H2;/q;-1/p+1. The molecule has 1 N–H and O–H groups in total. The quantitative estimate of drug-likeness (QED) is 0.266. The van der Waals surface area contributed by atoms with E-state index in [2.05, 4.69) is 55.1 Å². The van der Waals surface area contributed by atoms with Crippen LogP contribution in [0.3, 0.4) is 0 Å². The molecule has 0 amide bonds. The van der Waals surface area contributed by atoms with Crippen molar-refractivity contribution in [2.24, 2.45) is 0 Å². The van der Waals surface area contributed by atoms with E-state index in [-0.39, 0.29) is 5.25 Å². The van der Waals surface area contributed by atoms with Gasteiger partial charge in [0.1, 0.15) is 11.0 Å². The van der Waals surface area contributed by atoms with Gasteiger partial charge >= 0.3 is 33.0 Å². The first-order valence-corrected chi connectivity index (χ1v) is 10.3. The Labute approximate surface area is 157 Å². The van der Waals surface area contributed by atoms with Gasteiger partial charge in [-0.2, -0.15) is 0 Å². The fraction of sp³-hybridized carbons (Fsp3) is 0.111. The number of hydrogen-bond acceptors (Lipinski definition) is 1. The van der Waals surface area contributed by atoms with E-state index < -0.39 is 7.81 Å². The first kappa shape index (κ1) is 21.4. The molecular weight excluding hydrogens is 409 g/mol. The van der Waals surface area contributed by atoms with Gasteiger partial charge in [-0.05, 0) is 41.1 Å². The predicted molar refractivity (Wildman–Crippen MR) is 102 cm³/mol. The zero-order chi connectivity index (χ0) is 20.4. The van der Waals surface area contributed by atoms with Gasteiger partial charge in [-0.1, -0.05) is 54.6 Å². The number of benzene rings is 3. The summed E-state index contributed by atoms with van der Waals surface area (Å²) in [7, 11) is -10.7. The molecule has 3 aromatic rings. The van der Waals surface area contributed by atoms with Gasteiger partial charge in [-0.15, -0.1) is 0 Å². The van der Waals surface area contributed by atoms with Gasteiger partial charge in [0.25, 0.3) is 0 Å². The molecule has 0 aliphatic carbocycles. The van der Waals surface area contributed by atoms with Crippen LogP contribution in [0.15, 0.2) is 66.7 Å². The molecule has 1 nitrogen and oxygen atoms in total. The van der Waals surface area contributed by atoms with Crippen LogP contribution in [0.2, 0.25) is 0 Å². The van der Waals surface area contributed by atoms with Gasteiger partial charge in [0.2, 0.25) is 0 Å². The van der Waals surface area contributed by atoms with Gasteiger partial charge in [0.15, 0.2) is 0 Å². The number of phenolic OH excluding ortho intramolecular Hbond substituents is 1. The van der Waals surface area contributed by atoms with Crippen LogP contribution in [0, 0.1) is 0 Å². The van der Waals surface area contributed by atoms with Crippen molar-refractivity contribution in [2.75, 3.05) is 0 Å². The molecule has 3 rings (SSSR count). The van der Waals surface area contributed by atoms with Crippen LogP contribution in [0.4, 0.5) is 25.2 Å². The molecule has 9 heteroatoms. The van der Waals surface area contributed by atoms with Crippen LogP contribution in [-0.2, 0) is 19.0 Å². The van der Waals surface area contributed by atoms with Crippen molar-refractivity contribution in [3.05, 3.63) is 77.9 Å². The number of aromatic hydroxyl groups is 1. The average molecular weight is 426 g/mol. The van der Waals surface area contributed by atoms with Crippen LogP contribution >= 0.6 is 7.81 Å². The maximum atomic E-state index is 9.87. The molecule has 27 heavy (non-hydrogen) atoms. The summed E-state index contributed by atoms with van der Waals surface area (Å²) in [6.45, 7) is 0. The summed E-state index contributed by atoms with van der Waals surface area (Å²) >= 11 is 3.81. The molecule has 3 aromatic carbocycles. The Bertz CT molecular complexity index is 910. The van der Waals surface area contributed by atoms with Crippen molar-refractivity contribution < 1.29 is 30.3 Å². The Morgan fingerprint density at radius 3 is 1.89 bits per heavy atom. The molecule has 148 valence electrons. The number of rotatable bonds is 3. The van der Waals surface area contributed by atoms with E-state index >= 15 is 0 Å². The second-order valence-corrected chi connectivity index (χ2v) is 8.56. The third kappa shape index (κ3) is 8.54. The van der Waals surface area contributed by atoms with E-state index in [0.29, 0.717) is 5.75 Å². The summed E-state index contributed by atoms with van der Waals surface area (Å²) in [5.41, 5.74) is 2.50. The van der Waals surface area contributed by atoms with Crippen molar-refractivity contribution in [1.82, 2.24) is 0 Å². The van der Waals surface area contributed by atoms with Crippen LogP contribution in [0.25, 0.3) is 10.8 Å². The Morgan fingerprint density at radius 2 is 1.30 bits per heavy atom. The normalized spacial score (nSPS) is 15.2. The second-order valence-electron chi connectivity index (χ2n) is 5.94. The molecule has 0 saturated heterocycles. The Balaban J connectivity index is 0.000000321. The summed E-state index contributed by atoms with van der Waals surface area (Å²) < 4.78 is 59.2. The second kappa shape index (κ2) is 6.91. The topological polar surface area (TPSA) is 20.2 Å². The van der Waals surface area contributed by atoms with Crippen molar-refractivity contribution >= 4 is 31.2 Å². The SMILES string of the molecule is F[P-](F)(F)(F)(F)F.Oc1ccc(C([SH2+])Cc2cccc3ccccc23)cc1. The van der Waals surface area contributed by atoms with Gasteiger partial charge in [-0.25, -0.2) is 0 Å². The van der Waals surface area contributed by atoms with Crippen LogP contribution in [0.5, 0.6) is 5.75 Å². The summed E-state index contributed by atoms with van der Waals surface area (Å²) in [5.74, 6) is 0.303. The average Bonchev–Trinajstić information content (AvgIpc) is 2.53. The fourth-order valence-corrected chi connectivity index (χ4v) is 2.93. The van der Waals surface area contributed by atoms with Crippen molar-refractivity contribution in [3.63, 3.8) is 0 Å². The van der Waals surface area contributed by atoms with E-state index in [9.17, 15) is 30.3 Å². The van der Waals surface area contributed by atoms with Crippen LogP contribution in [0.1, 0.15) is 16.4 Å².